The first kappa shape index (κ1) is 8.78. The molecule has 1 aromatic carbocycles. The molecule has 0 aliphatic rings. The van der Waals surface area contributed by atoms with Crippen molar-refractivity contribution in [2.75, 3.05) is 0 Å². The Balaban J connectivity index is 3.10. The van der Waals surface area contributed by atoms with Crippen molar-refractivity contribution in [3.63, 3.8) is 0 Å². The average Bonchev–Trinajstić information content (AvgIpc) is 2.04. The number of carboxylic acids is 1. The number of carbonyl (C=O) groups is 1. The largest absolute Gasteiger partial charge is 0.478 e. The van der Waals surface area contributed by atoms with Gasteiger partial charge in [0.15, 0.2) is 0 Å². The highest BCUT2D eigenvalue weighted by Gasteiger charge is 2.03. The number of aromatic carboxylic acids is 1. The summed E-state index contributed by atoms with van der Waals surface area (Å²) >= 11 is 0. The lowest BCUT2D eigenvalue weighted by Gasteiger charge is -2.02. The Morgan fingerprint density at radius 3 is 2.58 bits per heavy atom. The molecule has 1 aromatic rings. The highest BCUT2D eigenvalue weighted by molar-refractivity contribution is 5.87. The maximum absolute atomic E-state index is 10.6. The normalized spacial score (nSPS) is 9.83. The summed E-state index contributed by atoms with van der Waals surface area (Å²) in [5, 5.41) is 8.67. The van der Waals surface area contributed by atoms with Crippen LogP contribution in [0.15, 0.2) is 18.2 Å². The van der Waals surface area contributed by atoms with Crippen LogP contribution in [-0.4, -0.2) is 11.1 Å². The number of aryl methyl sites for hydroxylation is 2. The number of benzene rings is 1. The van der Waals surface area contributed by atoms with Gasteiger partial charge >= 0.3 is 5.97 Å². The molecule has 64 valence electrons. The molecule has 0 amide bonds. The van der Waals surface area contributed by atoms with Gasteiger partial charge in [-0.05, 0) is 36.6 Å². The number of hydrogen-bond donors (Lipinski definition) is 1. The van der Waals surface area contributed by atoms with E-state index in [1.807, 2.05) is 13.0 Å². The summed E-state index contributed by atoms with van der Waals surface area (Å²) in [6.45, 7) is 3.99. The Kier molecular flexibility index (Phi) is 2.48. The second-order valence-corrected chi connectivity index (χ2v) is 2.80. The Bertz CT molecular complexity index is 303. The molecule has 0 aliphatic heterocycles. The van der Waals surface area contributed by atoms with Gasteiger partial charge in [-0.15, -0.1) is 0 Å². The standard InChI is InChI=1S/C10H12O2/c1-3-8-4-5-9(10(11)12)6-7(8)2/h4-6H,3H2,1-2H3,(H,11,12). The summed E-state index contributed by atoms with van der Waals surface area (Å²) in [6, 6.07) is 5.23. The maximum atomic E-state index is 10.6. The third kappa shape index (κ3) is 1.64. The van der Waals surface area contributed by atoms with Crippen LogP contribution in [-0.2, 0) is 6.42 Å². The molecule has 1 rings (SSSR count). The summed E-state index contributed by atoms with van der Waals surface area (Å²) in [4.78, 5) is 10.6. The van der Waals surface area contributed by atoms with Crippen molar-refractivity contribution in [2.24, 2.45) is 0 Å². The van der Waals surface area contributed by atoms with Crippen LogP contribution in [0, 0.1) is 6.92 Å². The van der Waals surface area contributed by atoms with Gasteiger partial charge < -0.3 is 5.11 Å². The van der Waals surface area contributed by atoms with Crippen LogP contribution in [0.1, 0.15) is 28.4 Å². The topological polar surface area (TPSA) is 37.3 Å². The van der Waals surface area contributed by atoms with Crippen LogP contribution >= 0.6 is 0 Å². The quantitative estimate of drug-likeness (QED) is 0.727. The van der Waals surface area contributed by atoms with Gasteiger partial charge in [0.05, 0.1) is 5.56 Å². The van der Waals surface area contributed by atoms with Crippen molar-refractivity contribution in [1.29, 1.82) is 0 Å². The van der Waals surface area contributed by atoms with E-state index in [1.165, 1.54) is 5.56 Å². The minimum absolute atomic E-state index is 0.365. The lowest BCUT2D eigenvalue weighted by molar-refractivity contribution is 0.0697. The molecule has 0 heterocycles. The molecular formula is C10H12O2. The summed E-state index contributed by atoms with van der Waals surface area (Å²) < 4.78 is 0. The third-order valence-electron chi connectivity index (χ3n) is 1.97. The van der Waals surface area contributed by atoms with E-state index in [2.05, 4.69) is 6.92 Å². The lowest BCUT2D eigenvalue weighted by Crippen LogP contribution is -1.97. The predicted molar refractivity (Wildman–Crippen MR) is 47.5 cm³/mol. The van der Waals surface area contributed by atoms with Gasteiger partial charge in [-0.3, -0.25) is 0 Å². The smallest absolute Gasteiger partial charge is 0.335 e. The van der Waals surface area contributed by atoms with Crippen molar-refractivity contribution >= 4 is 5.97 Å². The molecule has 12 heavy (non-hydrogen) atoms. The Morgan fingerprint density at radius 1 is 1.50 bits per heavy atom. The Morgan fingerprint density at radius 2 is 2.17 bits per heavy atom. The monoisotopic (exact) mass is 164 g/mol. The first-order valence-corrected chi connectivity index (χ1v) is 3.98. The van der Waals surface area contributed by atoms with Crippen LogP contribution in [0.5, 0.6) is 0 Å². The van der Waals surface area contributed by atoms with Crippen molar-refractivity contribution < 1.29 is 9.90 Å². The summed E-state index contributed by atoms with van der Waals surface area (Å²) in [6.07, 6.45) is 0.950. The summed E-state index contributed by atoms with van der Waals surface area (Å²) in [5.41, 5.74) is 2.63. The average molecular weight is 164 g/mol. The van der Waals surface area contributed by atoms with E-state index in [4.69, 9.17) is 5.11 Å². The molecule has 0 spiro atoms. The van der Waals surface area contributed by atoms with E-state index < -0.39 is 5.97 Å². The van der Waals surface area contributed by atoms with E-state index >= 15 is 0 Å². The minimum atomic E-state index is -0.860. The van der Waals surface area contributed by atoms with Crippen molar-refractivity contribution in [3.8, 4) is 0 Å². The second-order valence-electron chi connectivity index (χ2n) is 2.80. The van der Waals surface area contributed by atoms with Crippen LogP contribution < -0.4 is 0 Å². The zero-order valence-electron chi connectivity index (χ0n) is 7.29. The molecular weight excluding hydrogens is 152 g/mol. The van der Waals surface area contributed by atoms with Crippen molar-refractivity contribution in [3.05, 3.63) is 34.9 Å². The van der Waals surface area contributed by atoms with Crippen molar-refractivity contribution in [1.82, 2.24) is 0 Å². The van der Waals surface area contributed by atoms with Gasteiger partial charge in [0.1, 0.15) is 0 Å². The first-order valence-electron chi connectivity index (χ1n) is 3.98. The van der Waals surface area contributed by atoms with Crippen molar-refractivity contribution in [2.45, 2.75) is 20.3 Å². The van der Waals surface area contributed by atoms with Crippen LogP contribution in [0.2, 0.25) is 0 Å². The van der Waals surface area contributed by atoms with Gasteiger partial charge in [-0.25, -0.2) is 4.79 Å². The summed E-state index contributed by atoms with van der Waals surface area (Å²) in [7, 11) is 0. The molecule has 1 N–H and O–H groups in total. The Labute approximate surface area is 71.8 Å². The van der Waals surface area contributed by atoms with Crippen LogP contribution in [0.3, 0.4) is 0 Å². The van der Waals surface area contributed by atoms with Crippen LogP contribution in [0.25, 0.3) is 0 Å². The fourth-order valence-corrected chi connectivity index (χ4v) is 1.23. The molecule has 0 bridgehead atoms. The molecule has 0 saturated carbocycles. The fraction of sp³-hybridized carbons (Fsp3) is 0.300. The van der Waals surface area contributed by atoms with Crippen LogP contribution in [0.4, 0.5) is 0 Å². The van der Waals surface area contributed by atoms with Gasteiger partial charge in [0.25, 0.3) is 0 Å². The van der Waals surface area contributed by atoms with E-state index in [0.717, 1.165) is 12.0 Å². The number of hydrogen-bond acceptors (Lipinski definition) is 1. The van der Waals surface area contributed by atoms with Gasteiger partial charge in [0.2, 0.25) is 0 Å². The number of carboxylic acid groups (broad SMARTS) is 1. The van der Waals surface area contributed by atoms with E-state index in [1.54, 1.807) is 12.1 Å². The molecule has 0 atom stereocenters. The fourth-order valence-electron chi connectivity index (χ4n) is 1.23. The second kappa shape index (κ2) is 3.39. The lowest BCUT2D eigenvalue weighted by atomic mass is 10.0. The number of rotatable bonds is 2. The zero-order chi connectivity index (χ0) is 9.14. The molecule has 0 aromatic heterocycles. The summed E-state index contributed by atoms with van der Waals surface area (Å²) in [5.74, 6) is -0.860. The molecule has 2 heteroatoms. The Hall–Kier alpha value is -1.31. The maximum Gasteiger partial charge on any atom is 0.335 e. The molecule has 2 nitrogen and oxygen atoms in total. The SMILES string of the molecule is CCc1ccc(C(=O)O)cc1C. The minimum Gasteiger partial charge on any atom is -0.478 e. The highest BCUT2D eigenvalue weighted by atomic mass is 16.4. The molecule has 0 radical (unpaired) electrons. The molecule has 0 saturated heterocycles. The highest BCUT2D eigenvalue weighted by Crippen LogP contribution is 2.11. The first-order chi connectivity index (χ1) is 5.65. The zero-order valence-corrected chi connectivity index (χ0v) is 7.29. The molecule has 0 unspecified atom stereocenters. The van der Waals surface area contributed by atoms with E-state index in [-0.39, 0.29) is 0 Å². The third-order valence-corrected chi connectivity index (χ3v) is 1.97. The molecule has 0 aliphatic carbocycles. The van der Waals surface area contributed by atoms with Gasteiger partial charge in [-0.1, -0.05) is 13.0 Å². The predicted octanol–water partition coefficient (Wildman–Crippen LogP) is 2.26. The molecule has 0 fully saturated rings. The van der Waals surface area contributed by atoms with E-state index in [0.29, 0.717) is 5.56 Å². The van der Waals surface area contributed by atoms with Gasteiger partial charge in [-0.2, -0.15) is 0 Å². The van der Waals surface area contributed by atoms with E-state index in [9.17, 15) is 4.79 Å². The van der Waals surface area contributed by atoms with Gasteiger partial charge in [0, 0.05) is 0 Å².